The summed E-state index contributed by atoms with van der Waals surface area (Å²) in [6.07, 6.45) is 0.0241. The number of thiophene rings is 1. The molecule has 1 aromatic carbocycles. The van der Waals surface area contributed by atoms with Crippen LogP contribution in [-0.2, 0) is 14.3 Å². The zero-order chi connectivity index (χ0) is 21.1. The van der Waals surface area contributed by atoms with E-state index in [0.717, 1.165) is 0 Å². The third-order valence-corrected chi connectivity index (χ3v) is 5.72. The van der Waals surface area contributed by atoms with Gasteiger partial charge in [0.1, 0.15) is 16.4 Å². The van der Waals surface area contributed by atoms with Gasteiger partial charge in [-0.15, -0.1) is 11.3 Å². The number of nitrogens with one attached hydrogen (secondary N) is 1. The summed E-state index contributed by atoms with van der Waals surface area (Å²) in [5.74, 6) is -0.894. The molecule has 3 rings (SSSR count). The average molecular weight is 439 g/mol. The van der Waals surface area contributed by atoms with Gasteiger partial charge in [-0.25, -0.2) is 4.79 Å². The number of carbonyl (C=O) groups is 3. The van der Waals surface area contributed by atoms with Crippen molar-refractivity contribution >= 4 is 52.1 Å². The van der Waals surface area contributed by atoms with Crippen molar-refractivity contribution in [2.24, 2.45) is 5.92 Å². The van der Waals surface area contributed by atoms with E-state index in [1.807, 2.05) is 0 Å². The van der Waals surface area contributed by atoms with Gasteiger partial charge < -0.3 is 24.4 Å². The second-order valence-electron chi connectivity index (χ2n) is 6.21. The highest BCUT2D eigenvalue weighted by atomic mass is 35.5. The van der Waals surface area contributed by atoms with Crippen LogP contribution in [0.25, 0.3) is 0 Å². The first-order valence-corrected chi connectivity index (χ1v) is 9.83. The zero-order valence-electron chi connectivity index (χ0n) is 16.0. The van der Waals surface area contributed by atoms with Gasteiger partial charge in [0.2, 0.25) is 11.8 Å². The molecule has 29 heavy (non-hydrogen) atoms. The van der Waals surface area contributed by atoms with Crippen LogP contribution in [0.15, 0.2) is 23.6 Å². The Balaban J connectivity index is 1.79. The summed E-state index contributed by atoms with van der Waals surface area (Å²) in [5, 5.41) is 4.72. The molecule has 0 saturated carbocycles. The van der Waals surface area contributed by atoms with E-state index in [2.05, 4.69) is 5.32 Å². The number of esters is 1. The summed E-state index contributed by atoms with van der Waals surface area (Å²) in [6, 6.07) is 4.79. The van der Waals surface area contributed by atoms with E-state index >= 15 is 0 Å². The van der Waals surface area contributed by atoms with Crippen LogP contribution >= 0.6 is 22.9 Å². The Morgan fingerprint density at radius 2 is 1.93 bits per heavy atom. The first-order chi connectivity index (χ1) is 13.9. The molecule has 1 N–H and O–H groups in total. The number of benzene rings is 1. The molecule has 0 bridgehead atoms. The predicted octanol–water partition coefficient (Wildman–Crippen LogP) is 3.20. The molecule has 2 heterocycles. The van der Waals surface area contributed by atoms with Crippen molar-refractivity contribution in [3.63, 3.8) is 0 Å². The van der Waals surface area contributed by atoms with Crippen molar-refractivity contribution in [1.82, 2.24) is 0 Å². The normalized spacial score (nSPS) is 15.9. The molecule has 0 unspecified atom stereocenters. The second kappa shape index (κ2) is 8.71. The van der Waals surface area contributed by atoms with Gasteiger partial charge in [0, 0.05) is 19.0 Å². The minimum Gasteiger partial charge on any atom is -0.495 e. The van der Waals surface area contributed by atoms with Crippen molar-refractivity contribution in [3.05, 3.63) is 33.5 Å². The molecule has 2 aromatic rings. The Kier molecular flexibility index (Phi) is 6.29. The fourth-order valence-electron chi connectivity index (χ4n) is 3.06. The van der Waals surface area contributed by atoms with Crippen molar-refractivity contribution in [1.29, 1.82) is 0 Å². The molecule has 2 amide bonds. The summed E-state index contributed by atoms with van der Waals surface area (Å²) in [5.41, 5.74) is 0.826. The minimum absolute atomic E-state index is 0.0241. The van der Waals surface area contributed by atoms with E-state index in [9.17, 15) is 14.4 Å². The van der Waals surface area contributed by atoms with Gasteiger partial charge in [-0.05, 0) is 17.5 Å². The average Bonchev–Trinajstić information content (AvgIpc) is 3.33. The van der Waals surface area contributed by atoms with E-state index in [-0.39, 0.29) is 24.8 Å². The largest absolute Gasteiger partial charge is 0.495 e. The molecule has 0 radical (unpaired) electrons. The van der Waals surface area contributed by atoms with Crippen molar-refractivity contribution < 1.29 is 28.6 Å². The quantitative estimate of drug-likeness (QED) is 0.696. The van der Waals surface area contributed by atoms with Gasteiger partial charge in [0.15, 0.2) is 0 Å². The molecule has 1 aromatic heterocycles. The number of carbonyl (C=O) groups excluding carboxylic acids is 3. The fourth-order valence-corrected chi connectivity index (χ4v) is 4.07. The number of anilines is 2. The number of ether oxygens (including phenoxy) is 3. The third-order valence-electron chi connectivity index (χ3n) is 4.53. The standard InChI is InChI=1S/C19H19ClN2O6S/c1-26-14-8-15(27-2)13(7-11(14)20)22-9-10(6-16(22)23)18(24)21-12-4-5-29-17(12)19(25)28-3/h4-5,7-8,10H,6,9H2,1-3H3,(H,21,24)/t10-/m0/s1. The van der Waals surface area contributed by atoms with E-state index in [1.54, 1.807) is 23.6 Å². The zero-order valence-corrected chi connectivity index (χ0v) is 17.6. The molecule has 154 valence electrons. The summed E-state index contributed by atoms with van der Waals surface area (Å²) in [6.45, 7) is 0.154. The molecular formula is C19H19ClN2O6S. The Hall–Kier alpha value is -2.78. The monoisotopic (exact) mass is 438 g/mol. The first kappa shape index (κ1) is 20.9. The highest BCUT2D eigenvalue weighted by Gasteiger charge is 2.37. The Labute approximate surface area is 176 Å². The molecule has 10 heteroatoms. The van der Waals surface area contributed by atoms with Crippen molar-refractivity contribution in [3.8, 4) is 11.5 Å². The molecular weight excluding hydrogens is 420 g/mol. The Morgan fingerprint density at radius 1 is 1.21 bits per heavy atom. The van der Waals surface area contributed by atoms with Crippen LogP contribution < -0.4 is 19.7 Å². The second-order valence-corrected chi connectivity index (χ2v) is 7.53. The minimum atomic E-state index is -0.599. The van der Waals surface area contributed by atoms with E-state index in [1.165, 1.54) is 37.6 Å². The summed E-state index contributed by atoms with van der Waals surface area (Å²) in [4.78, 5) is 38.8. The van der Waals surface area contributed by atoms with E-state index in [4.69, 9.17) is 25.8 Å². The lowest BCUT2D eigenvalue weighted by atomic mass is 10.1. The fraction of sp³-hybridized carbons (Fsp3) is 0.316. The van der Waals surface area contributed by atoms with Gasteiger partial charge in [-0.1, -0.05) is 11.6 Å². The molecule has 1 aliphatic rings. The maximum absolute atomic E-state index is 12.7. The van der Waals surface area contributed by atoms with E-state index < -0.39 is 11.9 Å². The lowest BCUT2D eigenvalue weighted by molar-refractivity contribution is -0.122. The number of hydrogen-bond donors (Lipinski definition) is 1. The Bertz CT molecular complexity index is 960. The third kappa shape index (κ3) is 4.15. The molecule has 1 fully saturated rings. The molecule has 0 spiro atoms. The van der Waals surface area contributed by atoms with Crippen LogP contribution in [-0.4, -0.2) is 45.7 Å². The van der Waals surface area contributed by atoms with Gasteiger partial charge >= 0.3 is 5.97 Å². The first-order valence-electron chi connectivity index (χ1n) is 8.58. The smallest absolute Gasteiger partial charge is 0.350 e. The van der Waals surface area contributed by atoms with Gasteiger partial charge in [-0.2, -0.15) is 0 Å². The predicted molar refractivity (Wildman–Crippen MR) is 109 cm³/mol. The molecule has 1 saturated heterocycles. The Morgan fingerprint density at radius 3 is 2.59 bits per heavy atom. The number of halogens is 1. The van der Waals surface area contributed by atoms with Crippen LogP contribution in [0.2, 0.25) is 5.02 Å². The van der Waals surface area contributed by atoms with Gasteiger partial charge in [0.25, 0.3) is 0 Å². The van der Waals surface area contributed by atoms with Crippen LogP contribution in [0.5, 0.6) is 11.5 Å². The summed E-state index contributed by atoms with van der Waals surface area (Å²) >= 11 is 7.36. The molecule has 8 nitrogen and oxygen atoms in total. The topological polar surface area (TPSA) is 94.2 Å². The molecule has 1 aliphatic heterocycles. The van der Waals surface area contributed by atoms with Crippen LogP contribution in [0.3, 0.4) is 0 Å². The lowest BCUT2D eigenvalue weighted by Gasteiger charge is -2.21. The van der Waals surface area contributed by atoms with E-state index in [0.29, 0.717) is 32.8 Å². The lowest BCUT2D eigenvalue weighted by Crippen LogP contribution is -2.28. The maximum Gasteiger partial charge on any atom is 0.350 e. The number of rotatable bonds is 6. The van der Waals surface area contributed by atoms with Crippen LogP contribution in [0.1, 0.15) is 16.1 Å². The highest BCUT2D eigenvalue weighted by molar-refractivity contribution is 7.12. The molecule has 1 atom stereocenters. The number of methoxy groups -OCH3 is 3. The molecule has 0 aliphatic carbocycles. The van der Waals surface area contributed by atoms with Crippen LogP contribution in [0.4, 0.5) is 11.4 Å². The van der Waals surface area contributed by atoms with Gasteiger partial charge in [-0.3, -0.25) is 9.59 Å². The summed E-state index contributed by atoms with van der Waals surface area (Å²) < 4.78 is 15.2. The van der Waals surface area contributed by atoms with Crippen molar-refractivity contribution in [2.75, 3.05) is 38.1 Å². The number of amides is 2. The summed E-state index contributed by atoms with van der Waals surface area (Å²) in [7, 11) is 4.23. The van der Waals surface area contributed by atoms with Crippen molar-refractivity contribution in [2.45, 2.75) is 6.42 Å². The number of hydrogen-bond acceptors (Lipinski definition) is 7. The SMILES string of the molecule is COC(=O)c1sccc1NC(=O)[C@H]1CC(=O)N(c2cc(Cl)c(OC)cc2OC)C1. The number of nitrogens with zero attached hydrogens (tertiary/aromatic N) is 1. The van der Waals surface area contributed by atoms with Gasteiger partial charge in [0.05, 0.1) is 43.6 Å². The maximum atomic E-state index is 12.7. The highest BCUT2D eigenvalue weighted by Crippen LogP contribution is 2.40. The van der Waals surface area contributed by atoms with Crippen LogP contribution in [0, 0.1) is 5.92 Å².